The van der Waals surface area contributed by atoms with Crippen molar-refractivity contribution in [2.24, 2.45) is 7.05 Å². The fourth-order valence-electron chi connectivity index (χ4n) is 3.66. The number of aromatic nitrogens is 3. The maximum atomic E-state index is 12.7. The summed E-state index contributed by atoms with van der Waals surface area (Å²) in [6, 6.07) is 5.56. The molecular weight excluding hydrogens is 408 g/mol. The number of ether oxygens (including phenoxy) is 2. The van der Waals surface area contributed by atoms with Crippen molar-refractivity contribution < 1.29 is 18.2 Å². The zero-order chi connectivity index (χ0) is 21.5. The summed E-state index contributed by atoms with van der Waals surface area (Å²) in [6.45, 7) is 1.43. The van der Waals surface area contributed by atoms with Crippen LogP contribution < -0.4 is 15.2 Å². The maximum absolute atomic E-state index is 12.7. The third-order valence-electron chi connectivity index (χ3n) is 5.34. The van der Waals surface area contributed by atoms with Crippen LogP contribution in [0, 0.1) is 0 Å². The number of nitrogens with zero attached hydrogens (tertiary/aromatic N) is 4. The van der Waals surface area contributed by atoms with Crippen molar-refractivity contribution in [1.82, 2.24) is 18.9 Å². The molecule has 0 radical (unpaired) electrons. The summed E-state index contributed by atoms with van der Waals surface area (Å²) in [6.07, 6.45) is 3.48. The Morgan fingerprint density at radius 2 is 1.83 bits per heavy atom. The Morgan fingerprint density at radius 3 is 2.50 bits per heavy atom. The summed E-state index contributed by atoms with van der Waals surface area (Å²) >= 11 is 0. The smallest absolute Gasteiger partial charge is 0.333 e. The minimum absolute atomic E-state index is 0.152. The molecule has 0 aliphatic carbocycles. The molecule has 1 fully saturated rings. The zero-order valence-electron chi connectivity index (χ0n) is 17.2. The molecule has 9 nitrogen and oxygen atoms in total. The van der Waals surface area contributed by atoms with Crippen LogP contribution in [0.4, 0.5) is 0 Å². The molecule has 10 heteroatoms. The van der Waals surface area contributed by atoms with E-state index < -0.39 is 10.2 Å². The van der Waals surface area contributed by atoms with Crippen LogP contribution >= 0.6 is 0 Å². The molecule has 0 spiro atoms. The van der Waals surface area contributed by atoms with E-state index in [9.17, 15) is 13.6 Å². The minimum atomic E-state index is -2.94. The zero-order valence-corrected chi connectivity index (χ0v) is 18.0. The van der Waals surface area contributed by atoms with Gasteiger partial charge in [0.15, 0.2) is 17.1 Å². The second-order valence-electron chi connectivity index (χ2n) is 7.36. The van der Waals surface area contributed by atoms with Crippen molar-refractivity contribution in [2.75, 3.05) is 38.8 Å². The Kier molecular flexibility index (Phi) is 5.39. The van der Waals surface area contributed by atoms with Gasteiger partial charge in [-0.3, -0.25) is 9.30 Å². The number of fused-ring (bicyclic) bond motifs is 1. The number of hydrogen-bond acceptors (Lipinski definition) is 7. The van der Waals surface area contributed by atoms with Crippen molar-refractivity contribution in [3.8, 4) is 22.6 Å². The van der Waals surface area contributed by atoms with Crippen molar-refractivity contribution >= 4 is 15.9 Å². The van der Waals surface area contributed by atoms with Crippen LogP contribution in [0.2, 0.25) is 0 Å². The van der Waals surface area contributed by atoms with E-state index in [1.807, 2.05) is 23.1 Å². The molecule has 1 aliphatic heterocycles. The fourth-order valence-corrected chi connectivity index (χ4v) is 4.94. The Morgan fingerprint density at radius 1 is 1.13 bits per heavy atom. The minimum Gasteiger partial charge on any atom is -0.615 e. The Balaban J connectivity index is 1.74. The van der Waals surface area contributed by atoms with E-state index in [-0.39, 0.29) is 17.2 Å². The molecule has 0 saturated carbocycles. The summed E-state index contributed by atoms with van der Waals surface area (Å²) in [5.74, 6) is 1.51. The number of imidazole rings is 1. The highest BCUT2D eigenvalue weighted by molar-refractivity contribution is 7.97. The van der Waals surface area contributed by atoms with Crippen LogP contribution in [-0.4, -0.2) is 62.2 Å². The lowest BCUT2D eigenvalue weighted by Crippen LogP contribution is -2.42. The lowest BCUT2D eigenvalue weighted by atomic mass is 10.1. The molecule has 30 heavy (non-hydrogen) atoms. The summed E-state index contributed by atoms with van der Waals surface area (Å²) in [4.78, 5) is 19.4. The third kappa shape index (κ3) is 3.85. The number of methoxy groups -OCH3 is 2. The van der Waals surface area contributed by atoms with E-state index in [2.05, 4.69) is 0 Å². The molecule has 160 valence electrons. The molecule has 0 unspecified atom stereocenters. The summed E-state index contributed by atoms with van der Waals surface area (Å²) in [7, 11) is 1.90. The molecule has 0 bridgehead atoms. The quantitative estimate of drug-likeness (QED) is 0.558. The van der Waals surface area contributed by atoms with Crippen molar-refractivity contribution in [3.05, 3.63) is 46.8 Å². The van der Waals surface area contributed by atoms with Gasteiger partial charge in [-0.05, 0) is 17.7 Å². The maximum Gasteiger partial charge on any atom is 0.333 e. The molecule has 0 amide bonds. The van der Waals surface area contributed by atoms with Gasteiger partial charge in [0.2, 0.25) is 0 Å². The van der Waals surface area contributed by atoms with Gasteiger partial charge < -0.3 is 18.6 Å². The number of benzene rings is 1. The summed E-state index contributed by atoms with van der Waals surface area (Å²) < 4.78 is 37.1. The molecule has 0 N–H and O–H groups in total. The van der Waals surface area contributed by atoms with Crippen molar-refractivity contribution in [3.63, 3.8) is 0 Å². The van der Waals surface area contributed by atoms with Gasteiger partial charge in [0, 0.05) is 54.9 Å². The normalized spacial score (nSPS) is 16.7. The van der Waals surface area contributed by atoms with Gasteiger partial charge in [-0.25, -0.2) is 9.78 Å². The van der Waals surface area contributed by atoms with Gasteiger partial charge in [-0.1, -0.05) is 6.07 Å². The molecule has 1 aliphatic rings. The first kappa shape index (κ1) is 20.6. The lowest BCUT2D eigenvalue weighted by Gasteiger charge is -2.29. The third-order valence-corrected chi connectivity index (χ3v) is 6.95. The second kappa shape index (κ2) is 7.86. The van der Waals surface area contributed by atoms with Crippen LogP contribution in [0.1, 0.15) is 5.69 Å². The first-order valence-corrected chi connectivity index (χ1v) is 11.4. The standard InChI is InChI=1S/C20H24N4O5S/c1-22-13-16(14-4-5-17(28-2)18(10-14)29-3)19-21-15(12-24(19)20(22)25)11-23-6-8-30(26,27)9-7-23/h4-5,10,12-13H,6-9,11H2,1-3H3. The highest BCUT2D eigenvalue weighted by Gasteiger charge is 2.26. The lowest BCUT2D eigenvalue weighted by molar-refractivity contribution is 0.277. The molecule has 3 aromatic rings. The Hall–Kier alpha value is -2.69. The van der Waals surface area contributed by atoms with E-state index in [1.54, 1.807) is 33.7 Å². The fraction of sp³-hybridized carbons (Fsp3) is 0.400. The van der Waals surface area contributed by atoms with E-state index in [4.69, 9.17) is 14.5 Å². The highest BCUT2D eigenvalue weighted by Crippen LogP contribution is 2.33. The van der Waals surface area contributed by atoms with Crippen LogP contribution in [0.5, 0.6) is 11.5 Å². The Bertz CT molecular complexity index is 1190. The number of sulfone groups is 1. The van der Waals surface area contributed by atoms with Gasteiger partial charge in [0.05, 0.1) is 19.9 Å². The van der Waals surface area contributed by atoms with Crippen molar-refractivity contribution in [2.45, 2.75) is 6.54 Å². The topological polar surface area (TPSA) is 101 Å². The summed E-state index contributed by atoms with van der Waals surface area (Å²) in [5.41, 5.74) is 2.69. The monoisotopic (exact) mass is 432 g/mol. The number of aryl methyl sites for hydroxylation is 1. The first-order valence-electron chi connectivity index (χ1n) is 9.54. The van der Waals surface area contributed by atoms with Crippen LogP contribution in [0.15, 0.2) is 35.4 Å². The van der Waals surface area contributed by atoms with E-state index in [0.29, 0.717) is 36.8 Å². The van der Waals surface area contributed by atoms with E-state index in [0.717, 1.165) is 16.8 Å². The van der Waals surface area contributed by atoms with Crippen molar-refractivity contribution in [1.29, 1.82) is 0 Å². The average molecular weight is 433 g/mol. The molecule has 2 aromatic heterocycles. The average Bonchev–Trinajstić information content (AvgIpc) is 3.15. The predicted octanol–water partition coefficient (Wildman–Crippen LogP) is 1.16. The predicted molar refractivity (Wildman–Crippen MR) is 113 cm³/mol. The van der Waals surface area contributed by atoms with Crippen LogP contribution in [0.25, 0.3) is 16.8 Å². The van der Waals surface area contributed by atoms with Gasteiger partial charge >= 0.3 is 5.69 Å². The Labute approximate surface area is 175 Å². The van der Waals surface area contributed by atoms with Crippen LogP contribution in [0.3, 0.4) is 0 Å². The number of hydrogen-bond donors (Lipinski definition) is 0. The van der Waals surface area contributed by atoms with Crippen LogP contribution in [-0.2, 0) is 28.0 Å². The van der Waals surface area contributed by atoms with Gasteiger partial charge in [0.25, 0.3) is 0 Å². The molecule has 4 rings (SSSR count). The SMILES string of the molecule is COc1ccc(-c2cn(C)c(=O)n3cc(CN4CC[S+](=O)([O-])CC4)nc23)cc1OC. The second-order valence-corrected chi connectivity index (χ2v) is 9.66. The highest BCUT2D eigenvalue weighted by atomic mass is 32.3. The molecule has 0 atom stereocenters. The van der Waals surface area contributed by atoms with Gasteiger partial charge in [0.1, 0.15) is 11.5 Å². The largest absolute Gasteiger partial charge is 0.615 e. The van der Waals surface area contributed by atoms with Gasteiger partial charge in [-0.15, -0.1) is 4.21 Å². The van der Waals surface area contributed by atoms with E-state index in [1.165, 1.54) is 8.97 Å². The summed E-state index contributed by atoms with van der Waals surface area (Å²) in [5, 5.41) is 0. The molecule has 1 saturated heterocycles. The first-order chi connectivity index (χ1) is 14.3. The molecule has 3 heterocycles. The van der Waals surface area contributed by atoms with Gasteiger partial charge in [-0.2, -0.15) is 0 Å². The number of rotatable bonds is 5. The van der Waals surface area contributed by atoms with E-state index >= 15 is 0 Å². The molecule has 1 aromatic carbocycles. The molecular formula is C20H24N4O5S.